The quantitative estimate of drug-likeness (QED) is 0.520. The Morgan fingerprint density at radius 1 is 1.00 bits per heavy atom. The van der Waals surface area contributed by atoms with E-state index in [0.29, 0.717) is 11.3 Å². The predicted octanol–water partition coefficient (Wildman–Crippen LogP) is 3.30. The van der Waals surface area contributed by atoms with E-state index in [0.717, 1.165) is 12.1 Å². The van der Waals surface area contributed by atoms with Crippen LogP contribution in [0.2, 0.25) is 0 Å². The van der Waals surface area contributed by atoms with Gasteiger partial charge >= 0.3 is 0 Å². The third-order valence-electron chi connectivity index (χ3n) is 4.52. The van der Waals surface area contributed by atoms with Crippen molar-refractivity contribution in [1.82, 2.24) is 10.3 Å². The molecule has 0 saturated heterocycles. The van der Waals surface area contributed by atoms with Crippen molar-refractivity contribution in [2.45, 2.75) is 23.8 Å². The fraction of sp³-hybridized carbons (Fsp3) is 0.136. The van der Waals surface area contributed by atoms with E-state index < -0.39 is 26.8 Å². The molecule has 1 atom stereocenters. The molecule has 0 aliphatic rings. The van der Waals surface area contributed by atoms with Crippen LogP contribution in [0.25, 0.3) is 0 Å². The SMILES string of the molecule is O=C(N[C@@H](Cc1ccccn1)C(=O)Cc1ccc(S(=O)(=O)Cl)cc1)c1ccc(F)cc1. The number of carbonyl (C=O) groups is 2. The van der Waals surface area contributed by atoms with Gasteiger partial charge < -0.3 is 5.32 Å². The van der Waals surface area contributed by atoms with E-state index in [4.69, 9.17) is 10.7 Å². The Balaban J connectivity index is 1.78. The highest BCUT2D eigenvalue weighted by Gasteiger charge is 2.23. The number of carbonyl (C=O) groups excluding carboxylic acids is 2. The van der Waals surface area contributed by atoms with Gasteiger partial charge in [0.05, 0.1) is 10.9 Å². The molecule has 2 aromatic carbocycles. The highest BCUT2D eigenvalue weighted by Crippen LogP contribution is 2.16. The molecule has 0 aliphatic heterocycles. The van der Waals surface area contributed by atoms with Crippen molar-refractivity contribution in [1.29, 1.82) is 0 Å². The zero-order chi connectivity index (χ0) is 22.4. The van der Waals surface area contributed by atoms with Crippen molar-refractivity contribution >= 4 is 31.4 Å². The van der Waals surface area contributed by atoms with Crippen LogP contribution < -0.4 is 5.32 Å². The van der Waals surface area contributed by atoms with Crippen LogP contribution in [0.4, 0.5) is 4.39 Å². The number of amides is 1. The molecule has 0 radical (unpaired) electrons. The Morgan fingerprint density at radius 2 is 1.68 bits per heavy atom. The molecule has 3 aromatic rings. The van der Waals surface area contributed by atoms with Gasteiger partial charge in [-0.25, -0.2) is 12.8 Å². The number of hydrogen-bond acceptors (Lipinski definition) is 5. The summed E-state index contributed by atoms with van der Waals surface area (Å²) in [4.78, 5) is 29.7. The van der Waals surface area contributed by atoms with Gasteiger partial charge in [-0.15, -0.1) is 0 Å². The van der Waals surface area contributed by atoms with Gasteiger partial charge in [0, 0.05) is 41.0 Å². The third kappa shape index (κ3) is 6.44. The maximum absolute atomic E-state index is 13.1. The van der Waals surface area contributed by atoms with Crippen molar-refractivity contribution < 1.29 is 22.4 Å². The minimum Gasteiger partial charge on any atom is -0.342 e. The van der Waals surface area contributed by atoms with Gasteiger partial charge in [-0.3, -0.25) is 14.6 Å². The minimum absolute atomic E-state index is 0.0379. The van der Waals surface area contributed by atoms with Crippen LogP contribution in [0.5, 0.6) is 0 Å². The maximum Gasteiger partial charge on any atom is 0.261 e. The molecule has 1 N–H and O–H groups in total. The largest absolute Gasteiger partial charge is 0.342 e. The number of aromatic nitrogens is 1. The predicted molar refractivity (Wildman–Crippen MR) is 114 cm³/mol. The topological polar surface area (TPSA) is 93.2 Å². The van der Waals surface area contributed by atoms with Gasteiger partial charge in [-0.05, 0) is 54.1 Å². The number of pyridine rings is 1. The summed E-state index contributed by atoms with van der Waals surface area (Å²) in [6.45, 7) is 0. The Hall–Kier alpha value is -3.10. The van der Waals surface area contributed by atoms with Gasteiger partial charge in [0.25, 0.3) is 15.0 Å². The Kier molecular flexibility index (Phi) is 7.14. The summed E-state index contributed by atoms with van der Waals surface area (Å²) in [6, 6.07) is 15.0. The standard InChI is InChI=1S/C22H18ClFN2O4S/c23-31(29,30)19-10-4-15(5-11-19)13-21(27)20(14-18-3-1-2-12-25-18)26-22(28)16-6-8-17(24)9-7-16/h1-12,20H,13-14H2,(H,26,28)/t20-/m0/s1. The number of rotatable bonds is 8. The third-order valence-corrected chi connectivity index (χ3v) is 5.89. The van der Waals surface area contributed by atoms with E-state index in [1.165, 1.54) is 36.4 Å². The summed E-state index contributed by atoms with van der Waals surface area (Å²) >= 11 is 0. The van der Waals surface area contributed by atoms with Gasteiger partial charge in [-0.1, -0.05) is 18.2 Å². The first-order valence-corrected chi connectivity index (χ1v) is 11.6. The highest BCUT2D eigenvalue weighted by molar-refractivity contribution is 8.13. The lowest BCUT2D eigenvalue weighted by molar-refractivity contribution is -0.120. The average Bonchev–Trinajstić information content (AvgIpc) is 2.74. The molecule has 0 aliphatic carbocycles. The summed E-state index contributed by atoms with van der Waals surface area (Å²) in [5.74, 6) is -1.28. The van der Waals surface area contributed by atoms with E-state index in [9.17, 15) is 22.4 Å². The van der Waals surface area contributed by atoms with Gasteiger partial charge in [0.2, 0.25) is 0 Å². The highest BCUT2D eigenvalue weighted by atomic mass is 35.7. The molecule has 0 unspecified atom stereocenters. The van der Waals surface area contributed by atoms with Gasteiger partial charge in [0.15, 0.2) is 5.78 Å². The van der Waals surface area contributed by atoms with E-state index in [1.807, 2.05) is 0 Å². The molecule has 0 bridgehead atoms. The normalized spacial score (nSPS) is 12.2. The molecule has 9 heteroatoms. The van der Waals surface area contributed by atoms with Crippen molar-refractivity contribution in [3.63, 3.8) is 0 Å². The van der Waals surface area contributed by atoms with E-state index in [1.54, 1.807) is 24.4 Å². The zero-order valence-electron chi connectivity index (χ0n) is 16.2. The number of nitrogens with one attached hydrogen (secondary N) is 1. The Morgan fingerprint density at radius 3 is 2.26 bits per heavy atom. The zero-order valence-corrected chi connectivity index (χ0v) is 17.7. The molecular formula is C22H18ClFN2O4S. The van der Waals surface area contributed by atoms with E-state index in [2.05, 4.69) is 10.3 Å². The maximum atomic E-state index is 13.1. The average molecular weight is 461 g/mol. The minimum atomic E-state index is -3.86. The van der Waals surface area contributed by atoms with Crippen LogP contribution in [-0.2, 0) is 26.7 Å². The number of benzene rings is 2. The first-order chi connectivity index (χ1) is 14.7. The lowest BCUT2D eigenvalue weighted by atomic mass is 9.99. The Labute approximate surface area is 183 Å². The van der Waals surface area contributed by atoms with Crippen molar-refractivity contribution in [3.8, 4) is 0 Å². The lowest BCUT2D eigenvalue weighted by Gasteiger charge is -2.18. The summed E-state index contributed by atoms with van der Waals surface area (Å²) in [7, 11) is 1.45. The molecule has 160 valence electrons. The van der Waals surface area contributed by atoms with E-state index in [-0.39, 0.29) is 29.1 Å². The molecule has 0 saturated carbocycles. The second-order valence-corrected chi connectivity index (χ2v) is 9.35. The molecule has 6 nitrogen and oxygen atoms in total. The van der Waals surface area contributed by atoms with E-state index >= 15 is 0 Å². The first-order valence-electron chi connectivity index (χ1n) is 9.25. The van der Waals surface area contributed by atoms with Crippen LogP contribution in [0.3, 0.4) is 0 Å². The molecule has 1 heterocycles. The van der Waals surface area contributed by atoms with Crippen LogP contribution in [0.15, 0.2) is 77.8 Å². The molecule has 0 fully saturated rings. The first kappa shape index (κ1) is 22.6. The lowest BCUT2D eigenvalue weighted by Crippen LogP contribution is -2.43. The Bertz CT molecular complexity index is 1170. The van der Waals surface area contributed by atoms with Gasteiger partial charge in [-0.2, -0.15) is 0 Å². The summed E-state index contributed by atoms with van der Waals surface area (Å²) in [5.41, 5.74) is 1.40. The molecule has 31 heavy (non-hydrogen) atoms. The van der Waals surface area contributed by atoms with Crippen molar-refractivity contribution in [3.05, 3.63) is 95.6 Å². The molecule has 1 amide bonds. The number of hydrogen-bond donors (Lipinski definition) is 1. The summed E-state index contributed by atoms with van der Waals surface area (Å²) in [6.07, 6.45) is 1.72. The van der Waals surface area contributed by atoms with Crippen LogP contribution >= 0.6 is 10.7 Å². The smallest absolute Gasteiger partial charge is 0.261 e. The number of Topliss-reactive ketones (excluding diaryl/α,β-unsaturated/α-hetero) is 1. The van der Waals surface area contributed by atoms with Crippen LogP contribution in [-0.4, -0.2) is 31.1 Å². The molecular weight excluding hydrogens is 443 g/mol. The fourth-order valence-corrected chi connectivity index (χ4v) is 3.68. The number of nitrogens with zero attached hydrogens (tertiary/aromatic N) is 1. The summed E-state index contributed by atoms with van der Waals surface area (Å²) < 4.78 is 35.9. The van der Waals surface area contributed by atoms with Crippen molar-refractivity contribution in [2.24, 2.45) is 0 Å². The summed E-state index contributed by atoms with van der Waals surface area (Å²) in [5, 5.41) is 2.69. The number of halogens is 2. The van der Waals surface area contributed by atoms with Crippen LogP contribution in [0.1, 0.15) is 21.6 Å². The fourth-order valence-electron chi connectivity index (χ4n) is 2.91. The molecule has 0 spiro atoms. The second-order valence-electron chi connectivity index (χ2n) is 6.78. The van der Waals surface area contributed by atoms with Crippen LogP contribution in [0, 0.1) is 5.82 Å². The molecule has 3 rings (SSSR count). The monoisotopic (exact) mass is 460 g/mol. The van der Waals surface area contributed by atoms with Gasteiger partial charge in [0.1, 0.15) is 5.82 Å². The van der Waals surface area contributed by atoms with Crippen molar-refractivity contribution in [2.75, 3.05) is 0 Å². The second kappa shape index (κ2) is 9.80. The number of ketones is 1. The molecule has 1 aromatic heterocycles.